The van der Waals surface area contributed by atoms with E-state index >= 15 is 0 Å². The lowest BCUT2D eigenvalue weighted by Crippen LogP contribution is -2.57. The van der Waals surface area contributed by atoms with Gasteiger partial charge in [0, 0.05) is 18.7 Å². The molecule has 0 amide bonds. The number of benzene rings is 1. The maximum absolute atomic E-state index is 14.1. The highest BCUT2D eigenvalue weighted by Crippen LogP contribution is 2.33. The molecule has 0 aromatic heterocycles. The predicted octanol–water partition coefficient (Wildman–Crippen LogP) is 3.03. The summed E-state index contributed by atoms with van der Waals surface area (Å²) in [6, 6.07) is 4.58. The quantitative estimate of drug-likeness (QED) is 0.770. The first-order valence-electron chi connectivity index (χ1n) is 6.43. The molecule has 1 aromatic carbocycles. The van der Waals surface area contributed by atoms with Crippen LogP contribution < -0.4 is 4.90 Å². The van der Waals surface area contributed by atoms with Crippen LogP contribution in [0.1, 0.15) is 38.1 Å². The van der Waals surface area contributed by atoms with Gasteiger partial charge in [-0.2, -0.15) is 0 Å². The fourth-order valence-electron chi connectivity index (χ4n) is 2.91. The molecule has 1 aromatic rings. The number of halogens is 1. The van der Waals surface area contributed by atoms with Gasteiger partial charge < -0.3 is 9.64 Å². The third-order valence-corrected chi connectivity index (χ3v) is 3.16. The van der Waals surface area contributed by atoms with E-state index in [-0.39, 0.29) is 17.0 Å². The summed E-state index contributed by atoms with van der Waals surface area (Å²) in [6.07, 6.45) is 0.702. The second kappa shape index (κ2) is 4.60. The summed E-state index contributed by atoms with van der Waals surface area (Å²) in [5.41, 5.74) is -0.00980. The van der Waals surface area contributed by atoms with Crippen molar-refractivity contribution in [1.29, 1.82) is 0 Å². The van der Waals surface area contributed by atoms with Crippen LogP contribution >= 0.6 is 0 Å². The highest BCUT2D eigenvalue weighted by atomic mass is 19.1. The van der Waals surface area contributed by atoms with Crippen molar-refractivity contribution in [1.82, 2.24) is 0 Å². The minimum atomic E-state index is -0.385. The molecule has 1 aliphatic heterocycles. The van der Waals surface area contributed by atoms with E-state index in [1.165, 1.54) is 6.07 Å². The molecule has 0 N–H and O–H groups in total. The van der Waals surface area contributed by atoms with Crippen LogP contribution in [0.4, 0.5) is 10.1 Å². The lowest BCUT2D eigenvalue weighted by atomic mass is 9.97. The van der Waals surface area contributed by atoms with Gasteiger partial charge in [0.05, 0.1) is 16.9 Å². The Morgan fingerprint density at radius 1 is 1.21 bits per heavy atom. The zero-order chi connectivity index (χ0) is 14.3. The average Bonchev–Trinajstić information content (AvgIpc) is 2.24. The van der Waals surface area contributed by atoms with Gasteiger partial charge in [-0.3, -0.25) is 4.79 Å². The van der Waals surface area contributed by atoms with E-state index < -0.39 is 0 Å². The van der Waals surface area contributed by atoms with E-state index in [1.807, 2.05) is 32.6 Å². The molecule has 104 valence electrons. The number of para-hydroxylation sites is 1. The fourth-order valence-corrected chi connectivity index (χ4v) is 2.91. The summed E-state index contributed by atoms with van der Waals surface area (Å²) in [5.74, 6) is -0.363. The van der Waals surface area contributed by atoms with E-state index in [9.17, 15) is 9.18 Å². The number of hydrogen-bond acceptors (Lipinski definition) is 3. The molecule has 1 saturated heterocycles. The summed E-state index contributed by atoms with van der Waals surface area (Å²) in [7, 11) is 0. The second-order valence-electron chi connectivity index (χ2n) is 6.27. The number of rotatable bonds is 2. The van der Waals surface area contributed by atoms with Crippen molar-refractivity contribution in [3.05, 3.63) is 29.6 Å². The van der Waals surface area contributed by atoms with Gasteiger partial charge >= 0.3 is 0 Å². The predicted molar refractivity (Wildman–Crippen MR) is 73.2 cm³/mol. The van der Waals surface area contributed by atoms with Gasteiger partial charge in [-0.15, -0.1) is 0 Å². The molecule has 0 saturated carbocycles. The van der Waals surface area contributed by atoms with Gasteiger partial charge in [-0.25, -0.2) is 4.39 Å². The fraction of sp³-hybridized carbons (Fsp3) is 0.533. The third-order valence-electron chi connectivity index (χ3n) is 3.16. The van der Waals surface area contributed by atoms with Crippen molar-refractivity contribution in [2.45, 2.75) is 38.9 Å². The molecule has 2 rings (SSSR count). The number of aldehydes is 1. The van der Waals surface area contributed by atoms with Crippen LogP contribution in [0.2, 0.25) is 0 Å². The number of nitrogens with zero attached hydrogens (tertiary/aromatic N) is 1. The Morgan fingerprint density at radius 2 is 1.79 bits per heavy atom. The number of carbonyl (C=O) groups is 1. The lowest BCUT2D eigenvalue weighted by molar-refractivity contribution is -0.133. The monoisotopic (exact) mass is 265 g/mol. The lowest BCUT2D eigenvalue weighted by Gasteiger charge is -2.48. The Labute approximate surface area is 113 Å². The molecule has 1 aliphatic rings. The topological polar surface area (TPSA) is 29.5 Å². The van der Waals surface area contributed by atoms with Gasteiger partial charge in [0.25, 0.3) is 0 Å². The van der Waals surface area contributed by atoms with E-state index in [2.05, 4.69) is 0 Å². The number of hydrogen-bond donors (Lipinski definition) is 0. The van der Waals surface area contributed by atoms with E-state index in [4.69, 9.17) is 4.74 Å². The molecular weight excluding hydrogens is 245 g/mol. The first kappa shape index (κ1) is 14.0. The molecule has 4 heteroatoms. The van der Waals surface area contributed by atoms with Crippen molar-refractivity contribution in [3.63, 3.8) is 0 Å². The number of carbonyl (C=O) groups excluding carboxylic acids is 1. The summed E-state index contributed by atoms with van der Waals surface area (Å²) in [5, 5.41) is 0. The molecule has 0 bridgehead atoms. The van der Waals surface area contributed by atoms with Crippen molar-refractivity contribution in [2.75, 3.05) is 18.0 Å². The van der Waals surface area contributed by atoms with Crippen LogP contribution in [0.25, 0.3) is 0 Å². The normalized spacial score (nSPS) is 21.2. The van der Waals surface area contributed by atoms with Gasteiger partial charge in [0.1, 0.15) is 5.82 Å². The number of anilines is 1. The molecule has 1 heterocycles. The van der Waals surface area contributed by atoms with Crippen LogP contribution in [-0.2, 0) is 4.74 Å². The van der Waals surface area contributed by atoms with Crippen LogP contribution in [0.3, 0.4) is 0 Å². The molecule has 0 unspecified atom stereocenters. The highest BCUT2D eigenvalue weighted by molar-refractivity contribution is 5.85. The Kier molecular flexibility index (Phi) is 3.39. The maximum atomic E-state index is 14.1. The van der Waals surface area contributed by atoms with Gasteiger partial charge in [0.15, 0.2) is 6.29 Å². The van der Waals surface area contributed by atoms with E-state index in [0.717, 1.165) is 0 Å². The van der Waals surface area contributed by atoms with Crippen molar-refractivity contribution < 1.29 is 13.9 Å². The minimum Gasteiger partial charge on any atom is -0.366 e. The SMILES string of the molecule is CC1(C)CN(c2c(F)cccc2C=O)CC(C)(C)O1. The summed E-state index contributed by atoms with van der Waals surface area (Å²) < 4.78 is 20.1. The number of morpholine rings is 1. The first-order valence-corrected chi connectivity index (χ1v) is 6.43. The van der Waals surface area contributed by atoms with Crippen molar-refractivity contribution in [2.24, 2.45) is 0 Å². The molecule has 0 spiro atoms. The van der Waals surface area contributed by atoms with Crippen LogP contribution in [0.15, 0.2) is 18.2 Å². The standard InChI is InChI=1S/C15H20FNO2/c1-14(2)9-17(10-15(3,4)19-14)13-11(8-18)6-5-7-12(13)16/h5-8H,9-10H2,1-4H3. The zero-order valence-electron chi connectivity index (χ0n) is 11.9. The van der Waals surface area contributed by atoms with Crippen LogP contribution in [0.5, 0.6) is 0 Å². The molecule has 0 aliphatic carbocycles. The molecule has 0 radical (unpaired) electrons. The number of ether oxygens (including phenoxy) is 1. The molecule has 1 fully saturated rings. The summed E-state index contributed by atoms with van der Waals surface area (Å²) in [6.45, 7) is 9.01. The van der Waals surface area contributed by atoms with Crippen LogP contribution in [-0.4, -0.2) is 30.6 Å². The molecule has 3 nitrogen and oxygen atoms in total. The Hall–Kier alpha value is -1.42. The highest BCUT2D eigenvalue weighted by Gasteiger charge is 2.39. The van der Waals surface area contributed by atoms with Gasteiger partial charge in [-0.1, -0.05) is 6.07 Å². The van der Waals surface area contributed by atoms with Gasteiger partial charge in [-0.05, 0) is 39.8 Å². The minimum absolute atomic E-state index is 0.363. The molecule has 0 atom stereocenters. The second-order valence-corrected chi connectivity index (χ2v) is 6.27. The van der Waals surface area contributed by atoms with Crippen molar-refractivity contribution >= 4 is 12.0 Å². The largest absolute Gasteiger partial charge is 0.366 e. The Bertz CT molecular complexity index is 481. The van der Waals surface area contributed by atoms with E-state index in [0.29, 0.717) is 30.6 Å². The average molecular weight is 265 g/mol. The Balaban J connectivity index is 2.44. The first-order chi connectivity index (χ1) is 8.74. The summed E-state index contributed by atoms with van der Waals surface area (Å²) in [4.78, 5) is 13.0. The van der Waals surface area contributed by atoms with Crippen molar-refractivity contribution in [3.8, 4) is 0 Å². The van der Waals surface area contributed by atoms with Crippen LogP contribution in [0, 0.1) is 5.82 Å². The van der Waals surface area contributed by atoms with Gasteiger partial charge in [0.2, 0.25) is 0 Å². The smallest absolute Gasteiger partial charge is 0.152 e. The molecular formula is C15H20FNO2. The summed E-state index contributed by atoms with van der Waals surface area (Å²) >= 11 is 0. The van der Waals surface area contributed by atoms with E-state index in [1.54, 1.807) is 12.1 Å². The molecule has 19 heavy (non-hydrogen) atoms. The zero-order valence-corrected chi connectivity index (χ0v) is 11.9. The maximum Gasteiger partial charge on any atom is 0.152 e. The third kappa shape index (κ3) is 2.95. The Morgan fingerprint density at radius 3 is 2.32 bits per heavy atom.